The molecule has 2 aromatic rings. The molecule has 0 spiro atoms. The van der Waals surface area contributed by atoms with E-state index < -0.39 is 23.6 Å². The zero-order valence-electron chi connectivity index (χ0n) is 14.7. The Kier molecular flexibility index (Phi) is 3.72. The van der Waals surface area contributed by atoms with Crippen molar-refractivity contribution in [2.45, 2.75) is 43.8 Å². The molecule has 2 amide bonds. The molecule has 2 bridgehead atoms. The smallest absolute Gasteiger partial charge is 0.249 e. The van der Waals surface area contributed by atoms with Gasteiger partial charge in [-0.25, -0.2) is 8.78 Å². The third-order valence-corrected chi connectivity index (χ3v) is 5.96. The van der Waals surface area contributed by atoms with Crippen molar-refractivity contribution < 1.29 is 18.4 Å². The molecular formula is C19H20F2N4O2. The molecule has 3 saturated heterocycles. The largest absolute Gasteiger partial charge is 0.366 e. The lowest BCUT2D eigenvalue weighted by atomic mass is 10.1. The van der Waals surface area contributed by atoms with E-state index in [1.165, 1.54) is 23.0 Å². The number of aromatic nitrogens is 1. The van der Waals surface area contributed by atoms with E-state index in [0.29, 0.717) is 31.6 Å². The number of nitrogens with zero attached hydrogens (tertiary/aromatic N) is 2. The molecule has 8 heteroatoms. The Bertz CT molecular complexity index is 945. The molecule has 142 valence electrons. The van der Waals surface area contributed by atoms with E-state index in [1.54, 1.807) is 0 Å². The lowest BCUT2D eigenvalue weighted by molar-refractivity contribution is -0.135. The summed E-state index contributed by atoms with van der Waals surface area (Å²) in [6.07, 6.45) is 5.58. The summed E-state index contributed by atoms with van der Waals surface area (Å²) in [6.45, 7) is 1.32. The minimum atomic E-state index is -0.632. The Labute approximate surface area is 154 Å². The number of rotatable bonds is 2. The minimum Gasteiger partial charge on any atom is -0.366 e. The summed E-state index contributed by atoms with van der Waals surface area (Å²) < 4.78 is 31.5. The quantitative estimate of drug-likeness (QED) is 0.788. The first-order valence-electron chi connectivity index (χ1n) is 9.33. The van der Waals surface area contributed by atoms with Gasteiger partial charge in [0.1, 0.15) is 11.9 Å². The SMILES string of the molecule is O=C1CCC(n2cc3c(F)cc(N4CC5CCC(C4)N5)c(F)c3c2)C(=O)N1. The van der Waals surface area contributed by atoms with Gasteiger partial charge < -0.3 is 14.8 Å². The van der Waals surface area contributed by atoms with Crippen LogP contribution >= 0.6 is 0 Å². The number of anilines is 1. The van der Waals surface area contributed by atoms with Crippen molar-refractivity contribution in [2.24, 2.45) is 0 Å². The number of carbonyl (C=O) groups is 2. The number of hydrogen-bond donors (Lipinski definition) is 2. The fourth-order valence-corrected chi connectivity index (χ4v) is 4.61. The second-order valence-corrected chi connectivity index (χ2v) is 7.73. The van der Waals surface area contributed by atoms with E-state index >= 15 is 4.39 Å². The highest BCUT2D eigenvalue weighted by atomic mass is 19.1. The summed E-state index contributed by atoms with van der Waals surface area (Å²) in [6, 6.07) is 1.26. The monoisotopic (exact) mass is 374 g/mol. The van der Waals surface area contributed by atoms with Gasteiger partial charge in [0.2, 0.25) is 11.8 Å². The van der Waals surface area contributed by atoms with Crippen molar-refractivity contribution in [3.05, 3.63) is 30.1 Å². The molecule has 0 aliphatic carbocycles. The van der Waals surface area contributed by atoms with Crippen molar-refractivity contribution in [3.8, 4) is 0 Å². The average Bonchev–Trinajstić information content (AvgIpc) is 3.22. The number of benzene rings is 1. The highest BCUT2D eigenvalue weighted by Gasteiger charge is 2.34. The Morgan fingerprint density at radius 1 is 1.00 bits per heavy atom. The highest BCUT2D eigenvalue weighted by Crippen LogP contribution is 2.34. The maximum absolute atomic E-state index is 15.3. The number of nitrogens with one attached hydrogen (secondary N) is 2. The molecular weight excluding hydrogens is 354 g/mol. The van der Waals surface area contributed by atoms with Gasteiger partial charge in [0.05, 0.1) is 5.69 Å². The van der Waals surface area contributed by atoms with Gasteiger partial charge in [0, 0.05) is 60.8 Å². The van der Waals surface area contributed by atoms with Gasteiger partial charge in [0.25, 0.3) is 0 Å². The Morgan fingerprint density at radius 3 is 2.41 bits per heavy atom. The molecule has 3 aliphatic heterocycles. The molecule has 5 rings (SSSR count). The molecule has 3 fully saturated rings. The van der Waals surface area contributed by atoms with E-state index in [2.05, 4.69) is 10.6 Å². The van der Waals surface area contributed by atoms with Gasteiger partial charge >= 0.3 is 0 Å². The van der Waals surface area contributed by atoms with Crippen LogP contribution in [-0.2, 0) is 9.59 Å². The van der Waals surface area contributed by atoms with E-state index in [9.17, 15) is 14.0 Å². The zero-order chi connectivity index (χ0) is 18.7. The average molecular weight is 374 g/mol. The van der Waals surface area contributed by atoms with Crippen LogP contribution in [0.4, 0.5) is 14.5 Å². The van der Waals surface area contributed by atoms with Crippen LogP contribution < -0.4 is 15.5 Å². The number of halogens is 2. The van der Waals surface area contributed by atoms with Crippen LogP contribution in [0.3, 0.4) is 0 Å². The number of hydrogen-bond acceptors (Lipinski definition) is 4. The fourth-order valence-electron chi connectivity index (χ4n) is 4.61. The molecule has 2 N–H and O–H groups in total. The normalized spacial score (nSPS) is 28.1. The van der Waals surface area contributed by atoms with Gasteiger partial charge in [-0.05, 0) is 19.3 Å². The number of carbonyl (C=O) groups excluding carboxylic acids is 2. The molecule has 27 heavy (non-hydrogen) atoms. The first-order chi connectivity index (χ1) is 13.0. The van der Waals surface area contributed by atoms with Crippen molar-refractivity contribution in [2.75, 3.05) is 18.0 Å². The van der Waals surface area contributed by atoms with E-state index in [1.807, 2.05) is 4.90 Å². The van der Waals surface area contributed by atoms with E-state index in [-0.39, 0.29) is 28.8 Å². The van der Waals surface area contributed by atoms with Crippen LogP contribution in [0.25, 0.3) is 10.8 Å². The second-order valence-electron chi connectivity index (χ2n) is 7.73. The topological polar surface area (TPSA) is 66.4 Å². The van der Waals surface area contributed by atoms with Crippen molar-refractivity contribution in [1.29, 1.82) is 0 Å². The molecule has 0 radical (unpaired) electrons. The van der Waals surface area contributed by atoms with Crippen LogP contribution in [0.5, 0.6) is 0 Å². The molecule has 4 heterocycles. The van der Waals surface area contributed by atoms with Crippen LogP contribution in [0, 0.1) is 11.6 Å². The molecule has 6 nitrogen and oxygen atoms in total. The summed E-state index contributed by atoms with van der Waals surface area (Å²) in [5, 5.41) is 6.08. The maximum Gasteiger partial charge on any atom is 0.249 e. The number of piperidine rings is 1. The van der Waals surface area contributed by atoms with Gasteiger partial charge in [-0.2, -0.15) is 0 Å². The summed E-state index contributed by atoms with van der Waals surface area (Å²) in [5.74, 6) is -1.72. The minimum absolute atomic E-state index is 0.152. The molecule has 0 saturated carbocycles. The summed E-state index contributed by atoms with van der Waals surface area (Å²) in [5.41, 5.74) is 0.277. The third kappa shape index (κ3) is 2.70. The first kappa shape index (κ1) is 16.7. The van der Waals surface area contributed by atoms with Gasteiger partial charge in [0.15, 0.2) is 5.82 Å². The highest BCUT2D eigenvalue weighted by molar-refractivity contribution is 6.00. The lowest BCUT2D eigenvalue weighted by Gasteiger charge is -2.34. The molecule has 3 aliphatic rings. The van der Waals surface area contributed by atoms with Gasteiger partial charge in [-0.15, -0.1) is 0 Å². The fraction of sp³-hybridized carbons (Fsp3) is 0.474. The lowest BCUT2D eigenvalue weighted by Crippen LogP contribution is -2.51. The maximum atomic E-state index is 15.3. The molecule has 3 unspecified atom stereocenters. The van der Waals surface area contributed by atoms with Crippen LogP contribution in [0.2, 0.25) is 0 Å². The standard InChI is InChI=1S/C19H20F2N4O2/c20-14-5-16(24-6-10-1-2-11(7-24)22-10)18(21)13-9-25(8-12(13)14)15-3-4-17(26)23-19(15)27/h5,8-11,15,22H,1-4,6-7H2,(H,23,26,27). The summed E-state index contributed by atoms with van der Waals surface area (Å²) in [7, 11) is 0. The third-order valence-electron chi connectivity index (χ3n) is 5.96. The van der Waals surface area contributed by atoms with Crippen LogP contribution in [0.1, 0.15) is 31.7 Å². The number of imide groups is 1. The van der Waals surface area contributed by atoms with Gasteiger partial charge in [-0.3, -0.25) is 14.9 Å². The Hall–Kier alpha value is -2.48. The Morgan fingerprint density at radius 2 is 1.70 bits per heavy atom. The number of amides is 2. The summed E-state index contributed by atoms with van der Waals surface area (Å²) >= 11 is 0. The van der Waals surface area contributed by atoms with Crippen molar-refractivity contribution in [1.82, 2.24) is 15.2 Å². The van der Waals surface area contributed by atoms with Gasteiger partial charge in [-0.1, -0.05) is 0 Å². The molecule has 1 aromatic heterocycles. The van der Waals surface area contributed by atoms with Crippen LogP contribution in [-0.4, -0.2) is 41.6 Å². The van der Waals surface area contributed by atoms with E-state index in [4.69, 9.17) is 0 Å². The number of fused-ring (bicyclic) bond motifs is 3. The molecule has 3 atom stereocenters. The van der Waals surface area contributed by atoms with Crippen molar-refractivity contribution in [3.63, 3.8) is 0 Å². The first-order valence-corrected chi connectivity index (χ1v) is 9.33. The predicted molar refractivity (Wildman–Crippen MR) is 95.4 cm³/mol. The van der Waals surface area contributed by atoms with Crippen molar-refractivity contribution >= 4 is 28.3 Å². The predicted octanol–water partition coefficient (Wildman–Crippen LogP) is 1.84. The van der Waals surface area contributed by atoms with Crippen LogP contribution in [0.15, 0.2) is 18.5 Å². The zero-order valence-corrected chi connectivity index (χ0v) is 14.7. The summed E-state index contributed by atoms with van der Waals surface area (Å²) in [4.78, 5) is 25.3. The molecule has 1 aromatic carbocycles. The Balaban J connectivity index is 1.53. The number of piperazine rings is 1. The van der Waals surface area contributed by atoms with E-state index in [0.717, 1.165) is 12.8 Å². The second kappa shape index (κ2) is 6.02.